The number of nitrogens with one attached hydrogen (secondary N) is 1. The summed E-state index contributed by atoms with van der Waals surface area (Å²) in [6, 6.07) is 6.53. The molecule has 1 atom stereocenters. The second-order valence-electron chi connectivity index (χ2n) is 8.93. The molecule has 200 valence electrons. The number of ketones is 1. The number of rotatable bonds is 8. The molecule has 1 saturated carbocycles. The molecule has 1 N–H and O–H groups in total. The first kappa shape index (κ1) is 29.3. The van der Waals surface area contributed by atoms with Gasteiger partial charge in [0.2, 0.25) is 5.91 Å². The van der Waals surface area contributed by atoms with Gasteiger partial charge in [0.15, 0.2) is 5.78 Å². The third kappa shape index (κ3) is 7.42. The van der Waals surface area contributed by atoms with Gasteiger partial charge in [0.25, 0.3) is 0 Å². The number of Topliss-reactive ketones (excluding diaryl/α,β-unsaturated/α-hetero) is 1. The predicted molar refractivity (Wildman–Crippen MR) is 130 cm³/mol. The van der Waals surface area contributed by atoms with Crippen LogP contribution in [-0.2, 0) is 4.79 Å². The lowest BCUT2D eigenvalue weighted by Gasteiger charge is -2.18. The summed E-state index contributed by atoms with van der Waals surface area (Å²) in [5, 5.41) is 1.53. The van der Waals surface area contributed by atoms with Crippen LogP contribution in [0.1, 0.15) is 52.2 Å². The summed E-state index contributed by atoms with van der Waals surface area (Å²) in [7, 11) is 0. The minimum atomic E-state index is -4.66. The summed E-state index contributed by atoms with van der Waals surface area (Å²) in [5.74, 6) is -3.30. The van der Waals surface area contributed by atoms with E-state index in [-0.39, 0.29) is 32.6 Å². The maximum atomic E-state index is 13.8. The summed E-state index contributed by atoms with van der Waals surface area (Å²) in [5.41, 5.74) is -0.326. The Morgan fingerprint density at radius 3 is 2.11 bits per heavy atom. The number of carbonyl (C=O) groups is 2. The Hall–Kier alpha value is -2.23. The van der Waals surface area contributed by atoms with Crippen LogP contribution in [-0.4, -0.2) is 30.6 Å². The van der Waals surface area contributed by atoms with E-state index in [0.29, 0.717) is 24.0 Å². The van der Waals surface area contributed by atoms with Gasteiger partial charge in [-0.3, -0.25) is 9.59 Å². The molecule has 0 aromatic heterocycles. The van der Waals surface area contributed by atoms with Crippen molar-refractivity contribution in [3.63, 3.8) is 0 Å². The number of hydrogen-bond acceptors (Lipinski definition) is 2. The van der Waals surface area contributed by atoms with Crippen molar-refractivity contribution in [1.82, 2.24) is 5.32 Å². The molecule has 1 amide bonds. The molecule has 3 rings (SSSR count). The minimum absolute atomic E-state index is 0.0568. The van der Waals surface area contributed by atoms with E-state index < -0.39 is 41.9 Å². The minimum Gasteiger partial charge on any atom is -0.346 e. The number of carbonyl (C=O) groups excluding carboxylic acids is 2. The van der Waals surface area contributed by atoms with Crippen LogP contribution < -0.4 is 5.32 Å². The van der Waals surface area contributed by atoms with Gasteiger partial charge in [-0.25, -0.2) is 0 Å². The second-order valence-corrected chi connectivity index (χ2v) is 10.1. The first-order valence-corrected chi connectivity index (χ1v) is 12.0. The molecule has 0 saturated heterocycles. The van der Waals surface area contributed by atoms with Gasteiger partial charge in [0, 0.05) is 12.0 Å². The fourth-order valence-electron chi connectivity index (χ4n) is 3.88. The van der Waals surface area contributed by atoms with Crippen LogP contribution in [0, 0.1) is 12.3 Å². The summed E-state index contributed by atoms with van der Waals surface area (Å²) in [6.07, 6.45) is -6.74. The molecule has 0 heterocycles. The molecule has 12 heteroatoms. The molecule has 0 radical (unpaired) electrons. The Morgan fingerprint density at radius 2 is 1.62 bits per heavy atom. The standard InChI is InChI=1S/C25H20Cl3F6NO2/c1-13-8-14(3-5-17(25(32,33)34)15-9-18(26)21(28)19(27)10-15)2-4-16(13)20(36)11-23(6-7-23)22(37)35-12-24(29,30)31/h2-5,8-10,17H,6-7,11-12H2,1H3,(H,35,37)/b5-3+. The lowest BCUT2D eigenvalue weighted by atomic mass is 9.91. The molecule has 1 aliphatic carbocycles. The summed E-state index contributed by atoms with van der Waals surface area (Å²) < 4.78 is 78.5. The van der Waals surface area contributed by atoms with Gasteiger partial charge < -0.3 is 5.32 Å². The molecule has 2 aromatic carbocycles. The van der Waals surface area contributed by atoms with Crippen LogP contribution in [0.4, 0.5) is 26.3 Å². The SMILES string of the molecule is Cc1cc(/C=C/C(c2cc(Cl)c(Cl)c(Cl)c2)C(F)(F)F)ccc1C(=O)CC1(C(=O)NCC(F)(F)F)CC1. The largest absolute Gasteiger partial charge is 0.405 e. The van der Waals surface area contributed by atoms with Crippen LogP contribution in [0.2, 0.25) is 15.1 Å². The summed E-state index contributed by atoms with van der Waals surface area (Å²) in [6.45, 7) is 0.100. The molecule has 0 bridgehead atoms. The Labute approximate surface area is 223 Å². The van der Waals surface area contributed by atoms with E-state index in [9.17, 15) is 35.9 Å². The average molecular weight is 587 g/mol. The van der Waals surface area contributed by atoms with Crippen molar-refractivity contribution in [3.8, 4) is 0 Å². The zero-order valence-electron chi connectivity index (χ0n) is 19.2. The highest BCUT2D eigenvalue weighted by molar-refractivity contribution is 6.48. The molecule has 1 fully saturated rings. The Kier molecular flexibility index (Phi) is 8.61. The molecule has 2 aromatic rings. The van der Waals surface area contributed by atoms with E-state index in [1.807, 2.05) is 5.32 Å². The van der Waals surface area contributed by atoms with Crippen LogP contribution in [0.25, 0.3) is 6.08 Å². The smallest absolute Gasteiger partial charge is 0.346 e. The van der Waals surface area contributed by atoms with Crippen LogP contribution in [0.3, 0.4) is 0 Å². The zero-order chi connectivity index (χ0) is 27.8. The zero-order valence-corrected chi connectivity index (χ0v) is 21.4. The van der Waals surface area contributed by atoms with Gasteiger partial charge in [0.1, 0.15) is 6.54 Å². The second kappa shape index (κ2) is 10.9. The predicted octanol–water partition coefficient (Wildman–Crippen LogP) is 8.35. The third-order valence-corrected chi connectivity index (χ3v) is 7.23. The van der Waals surface area contributed by atoms with Crippen LogP contribution >= 0.6 is 34.8 Å². The maximum Gasteiger partial charge on any atom is 0.405 e. The van der Waals surface area contributed by atoms with Crippen LogP contribution in [0.5, 0.6) is 0 Å². The monoisotopic (exact) mass is 585 g/mol. The molecule has 1 unspecified atom stereocenters. The number of amides is 1. The van der Waals surface area contributed by atoms with E-state index in [1.165, 1.54) is 24.3 Å². The van der Waals surface area contributed by atoms with Crippen molar-refractivity contribution in [1.29, 1.82) is 0 Å². The van der Waals surface area contributed by atoms with Crippen molar-refractivity contribution in [3.05, 3.63) is 73.7 Å². The Bertz CT molecular complexity index is 1210. The molecular formula is C25H20Cl3F6NO2. The number of aryl methyl sites for hydroxylation is 1. The number of halogens is 9. The topological polar surface area (TPSA) is 46.2 Å². The first-order valence-electron chi connectivity index (χ1n) is 10.9. The van der Waals surface area contributed by atoms with Crippen molar-refractivity contribution in [2.75, 3.05) is 6.54 Å². The molecule has 3 nitrogen and oxygen atoms in total. The highest BCUT2D eigenvalue weighted by atomic mass is 35.5. The van der Waals surface area contributed by atoms with Gasteiger partial charge in [-0.15, -0.1) is 0 Å². The highest BCUT2D eigenvalue weighted by Crippen LogP contribution is 2.50. The first-order chi connectivity index (χ1) is 17.0. The van der Waals surface area contributed by atoms with Crippen LogP contribution in [0.15, 0.2) is 36.4 Å². The van der Waals surface area contributed by atoms with Gasteiger partial charge >= 0.3 is 12.4 Å². The van der Waals surface area contributed by atoms with Gasteiger partial charge in [-0.1, -0.05) is 65.2 Å². The van der Waals surface area contributed by atoms with E-state index in [0.717, 1.165) is 18.2 Å². The maximum absolute atomic E-state index is 13.8. The Balaban J connectivity index is 1.76. The molecular weight excluding hydrogens is 567 g/mol. The van der Waals surface area contributed by atoms with Crippen molar-refractivity contribution in [2.45, 2.75) is 44.5 Å². The highest BCUT2D eigenvalue weighted by Gasteiger charge is 2.51. The normalized spacial score (nSPS) is 16.1. The number of alkyl halides is 6. The number of allylic oxidation sites excluding steroid dienone is 1. The van der Waals surface area contributed by atoms with Crippen molar-refractivity contribution >= 4 is 52.6 Å². The number of benzene rings is 2. The summed E-state index contributed by atoms with van der Waals surface area (Å²) >= 11 is 17.6. The lowest BCUT2D eigenvalue weighted by molar-refractivity contribution is -0.141. The fraction of sp³-hybridized carbons (Fsp3) is 0.360. The molecule has 1 aliphatic rings. The van der Waals surface area contributed by atoms with Crippen molar-refractivity contribution < 1.29 is 35.9 Å². The molecule has 37 heavy (non-hydrogen) atoms. The van der Waals surface area contributed by atoms with Crippen molar-refractivity contribution in [2.24, 2.45) is 5.41 Å². The van der Waals surface area contributed by atoms with E-state index >= 15 is 0 Å². The lowest BCUT2D eigenvalue weighted by Crippen LogP contribution is -2.39. The average Bonchev–Trinajstić information content (AvgIpc) is 3.55. The molecule has 0 spiro atoms. The fourth-order valence-corrected chi connectivity index (χ4v) is 4.49. The Morgan fingerprint density at radius 1 is 1.03 bits per heavy atom. The van der Waals surface area contributed by atoms with Gasteiger partial charge in [-0.05, 0) is 48.6 Å². The number of hydrogen-bond donors (Lipinski definition) is 1. The summed E-state index contributed by atoms with van der Waals surface area (Å²) in [4.78, 5) is 25.0. The van der Waals surface area contributed by atoms with E-state index in [2.05, 4.69) is 0 Å². The van der Waals surface area contributed by atoms with Gasteiger partial charge in [-0.2, -0.15) is 26.3 Å². The molecule has 0 aliphatic heterocycles. The van der Waals surface area contributed by atoms with Gasteiger partial charge in [0.05, 0.1) is 26.4 Å². The quantitative estimate of drug-likeness (QED) is 0.192. The van der Waals surface area contributed by atoms with E-state index in [1.54, 1.807) is 6.92 Å². The van der Waals surface area contributed by atoms with E-state index in [4.69, 9.17) is 34.8 Å². The third-order valence-electron chi connectivity index (χ3n) is 6.03.